The maximum Gasteiger partial charge on any atom is 0.242 e. The summed E-state index contributed by atoms with van der Waals surface area (Å²) in [5.74, 6) is 0.689. The Kier molecular flexibility index (Phi) is 3.87. The number of rotatable bonds is 3. The van der Waals surface area contributed by atoms with Gasteiger partial charge in [0.05, 0.1) is 0 Å². The monoisotopic (exact) mass is 307 g/mol. The second-order valence-electron chi connectivity index (χ2n) is 6.73. The van der Waals surface area contributed by atoms with E-state index >= 15 is 0 Å². The lowest BCUT2D eigenvalue weighted by molar-refractivity contribution is -0.121. The molecule has 0 spiro atoms. The molecule has 3 nitrogen and oxygen atoms in total. The Morgan fingerprint density at radius 3 is 2.81 bits per heavy atom. The topological polar surface area (TPSA) is 38.3 Å². The predicted molar refractivity (Wildman–Crippen MR) is 83.8 cm³/mol. The molecule has 1 aliphatic heterocycles. The highest BCUT2D eigenvalue weighted by Gasteiger charge is 2.34. The van der Waals surface area contributed by atoms with Gasteiger partial charge >= 0.3 is 0 Å². The number of ether oxygens (including phenoxy) is 1. The van der Waals surface area contributed by atoms with Crippen LogP contribution in [0.4, 0.5) is 0 Å². The van der Waals surface area contributed by atoms with E-state index in [1.54, 1.807) is 0 Å². The molecule has 0 bridgehead atoms. The lowest BCUT2D eigenvalue weighted by atomic mass is 9.99. The predicted octanol–water partition coefficient (Wildman–Crippen LogP) is 3.74. The molecule has 1 aromatic rings. The van der Waals surface area contributed by atoms with Gasteiger partial charge in [0.25, 0.3) is 0 Å². The lowest BCUT2D eigenvalue weighted by Gasteiger charge is -2.20. The van der Waals surface area contributed by atoms with E-state index in [9.17, 15) is 4.79 Å². The summed E-state index contributed by atoms with van der Waals surface area (Å²) in [7, 11) is 0. The maximum absolute atomic E-state index is 12.4. The average Bonchev–Trinajstić information content (AvgIpc) is 3.02. The average molecular weight is 308 g/mol. The van der Waals surface area contributed by atoms with E-state index < -0.39 is 5.38 Å². The lowest BCUT2D eigenvalue weighted by Crippen LogP contribution is -2.35. The van der Waals surface area contributed by atoms with E-state index in [4.69, 9.17) is 16.3 Å². The second kappa shape index (κ2) is 5.53. The first-order valence-electron chi connectivity index (χ1n) is 7.71. The first kappa shape index (κ1) is 14.7. The van der Waals surface area contributed by atoms with Crippen LogP contribution < -0.4 is 10.1 Å². The first-order valence-corrected chi connectivity index (χ1v) is 8.15. The summed E-state index contributed by atoms with van der Waals surface area (Å²) >= 11 is 6.42. The zero-order chi connectivity index (χ0) is 15.0. The Bertz CT molecular complexity index is 550. The SMILES string of the molecule is CC1(C)Cc2cccc(C(Cl)C(=O)NC3CCCC3)c2O1. The fraction of sp³-hybridized carbons (Fsp3) is 0.588. The standard InChI is InChI=1S/C17H22ClNO2/c1-17(2)10-11-6-5-9-13(15(11)21-17)14(18)16(20)19-12-7-3-4-8-12/h5-6,9,12,14H,3-4,7-8,10H2,1-2H3,(H,19,20). The Morgan fingerprint density at radius 2 is 2.10 bits per heavy atom. The van der Waals surface area contributed by atoms with Gasteiger partial charge in [-0.05, 0) is 32.3 Å². The van der Waals surface area contributed by atoms with Crippen LogP contribution in [0.25, 0.3) is 0 Å². The van der Waals surface area contributed by atoms with Crippen molar-refractivity contribution in [1.82, 2.24) is 5.32 Å². The van der Waals surface area contributed by atoms with E-state index in [0.717, 1.165) is 36.1 Å². The van der Waals surface area contributed by atoms with Crippen molar-refractivity contribution in [1.29, 1.82) is 0 Å². The van der Waals surface area contributed by atoms with Crippen molar-refractivity contribution in [2.24, 2.45) is 0 Å². The number of benzene rings is 1. The molecule has 0 aromatic heterocycles. The molecule has 1 saturated carbocycles. The molecule has 1 heterocycles. The van der Waals surface area contributed by atoms with Gasteiger partial charge in [-0.2, -0.15) is 0 Å². The summed E-state index contributed by atoms with van der Waals surface area (Å²) in [6.07, 6.45) is 5.35. The van der Waals surface area contributed by atoms with Gasteiger partial charge in [0.2, 0.25) is 5.91 Å². The molecule has 0 saturated heterocycles. The molecular formula is C17H22ClNO2. The third-order valence-electron chi connectivity index (χ3n) is 4.33. The van der Waals surface area contributed by atoms with Gasteiger partial charge in [0.15, 0.2) is 0 Å². The van der Waals surface area contributed by atoms with Gasteiger partial charge in [0, 0.05) is 18.0 Å². The van der Waals surface area contributed by atoms with Crippen LogP contribution in [0.1, 0.15) is 56.0 Å². The molecule has 2 aliphatic rings. The molecule has 3 rings (SSSR count). The van der Waals surface area contributed by atoms with Crippen LogP contribution in [0, 0.1) is 0 Å². The summed E-state index contributed by atoms with van der Waals surface area (Å²) in [6, 6.07) is 6.18. The van der Waals surface area contributed by atoms with Gasteiger partial charge < -0.3 is 10.1 Å². The molecule has 1 N–H and O–H groups in total. The van der Waals surface area contributed by atoms with Crippen molar-refractivity contribution in [2.75, 3.05) is 0 Å². The van der Waals surface area contributed by atoms with E-state index in [-0.39, 0.29) is 17.6 Å². The number of amides is 1. The number of nitrogens with one attached hydrogen (secondary N) is 1. The number of halogens is 1. The van der Waals surface area contributed by atoms with Crippen LogP contribution in [0.15, 0.2) is 18.2 Å². The molecule has 1 aliphatic carbocycles. The van der Waals surface area contributed by atoms with Crippen molar-refractivity contribution >= 4 is 17.5 Å². The molecular weight excluding hydrogens is 286 g/mol. The zero-order valence-corrected chi connectivity index (χ0v) is 13.4. The highest BCUT2D eigenvalue weighted by molar-refractivity contribution is 6.31. The van der Waals surface area contributed by atoms with E-state index in [1.807, 2.05) is 18.2 Å². The van der Waals surface area contributed by atoms with Crippen molar-refractivity contribution in [3.05, 3.63) is 29.3 Å². The Balaban J connectivity index is 1.78. The van der Waals surface area contributed by atoms with Crippen LogP contribution >= 0.6 is 11.6 Å². The Hall–Kier alpha value is -1.22. The van der Waals surface area contributed by atoms with Gasteiger partial charge in [-0.3, -0.25) is 4.79 Å². The minimum atomic E-state index is -0.686. The van der Waals surface area contributed by atoms with Gasteiger partial charge in [-0.25, -0.2) is 0 Å². The molecule has 1 fully saturated rings. The van der Waals surface area contributed by atoms with Crippen LogP contribution in [0.3, 0.4) is 0 Å². The third-order valence-corrected chi connectivity index (χ3v) is 4.76. The number of para-hydroxylation sites is 1. The summed E-state index contributed by atoms with van der Waals surface area (Å²) in [5, 5.41) is 2.38. The Labute approximate surface area is 131 Å². The fourth-order valence-electron chi connectivity index (χ4n) is 3.32. The summed E-state index contributed by atoms with van der Waals surface area (Å²) in [4.78, 5) is 12.4. The van der Waals surface area contributed by atoms with E-state index in [1.165, 1.54) is 12.8 Å². The highest BCUT2D eigenvalue weighted by atomic mass is 35.5. The molecule has 1 unspecified atom stereocenters. The second-order valence-corrected chi connectivity index (χ2v) is 7.16. The molecule has 1 amide bonds. The normalized spacial score (nSPS) is 21.7. The largest absolute Gasteiger partial charge is 0.487 e. The zero-order valence-electron chi connectivity index (χ0n) is 12.6. The first-order chi connectivity index (χ1) is 9.96. The number of carbonyl (C=O) groups is 1. The number of carbonyl (C=O) groups excluding carboxylic acids is 1. The number of alkyl halides is 1. The van der Waals surface area contributed by atoms with Gasteiger partial charge in [-0.15, -0.1) is 11.6 Å². The summed E-state index contributed by atoms with van der Waals surface area (Å²) < 4.78 is 6.00. The molecule has 21 heavy (non-hydrogen) atoms. The van der Waals surface area contributed by atoms with Crippen LogP contribution in [0.5, 0.6) is 5.75 Å². The van der Waals surface area contributed by atoms with Gasteiger partial charge in [0.1, 0.15) is 16.7 Å². The van der Waals surface area contributed by atoms with Crippen LogP contribution in [0.2, 0.25) is 0 Å². The summed E-state index contributed by atoms with van der Waals surface area (Å²) in [6.45, 7) is 4.11. The molecule has 1 atom stereocenters. The van der Waals surface area contributed by atoms with E-state index in [2.05, 4.69) is 19.2 Å². The molecule has 0 radical (unpaired) electrons. The van der Waals surface area contributed by atoms with Crippen molar-refractivity contribution in [3.8, 4) is 5.75 Å². The molecule has 114 valence electrons. The number of hydrogen-bond acceptors (Lipinski definition) is 2. The minimum absolute atomic E-state index is 0.106. The minimum Gasteiger partial charge on any atom is -0.487 e. The fourth-order valence-corrected chi connectivity index (χ4v) is 3.56. The van der Waals surface area contributed by atoms with Gasteiger partial charge in [-0.1, -0.05) is 31.0 Å². The summed E-state index contributed by atoms with van der Waals surface area (Å²) in [5.41, 5.74) is 1.70. The quantitative estimate of drug-likeness (QED) is 0.864. The smallest absolute Gasteiger partial charge is 0.242 e. The Morgan fingerprint density at radius 1 is 1.38 bits per heavy atom. The molecule has 4 heteroatoms. The highest BCUT2D eigenvalue weighted by Crippen LogP contribution is 2.41. The van der Waals surface area contributed by atoms with Crippen LogP contribution in [-0.2, 0) is 11.2 Å². The third kappa shape index (κ3) is 3.03. The van der Waals surface area contributed by atoms with Crippen molar-refractivity contribution < 1.29 is 9.53 Å². The molecule has 1 aromatic carbocycles. The van der Waals surface area contributed by atoms with E-state index in [0.29, 0.717) is 0 Å². The maximum atomic E-state index is 12.4. The number of hydrogen-bond donors (Lipinski definition) is 1. The van der Waals surface area contributed by atoms with Crippen molar-refractivity contribution in [2.45, 2.75) is 63.0 Å². The number of fused-ring (bicyclic) bond motifs is 1. The van der Waals surface area contributed by atoms with Crippen LogP contribution in [-0.4, -0.2) is 17.6 Å². The van der Waals surface area contributed by atoms with Crippen molar-refractivity contribution in [3.63, 3.8) is 0 Å².